The predicted molar refractivity (Wildman–Crippen MR) is 104 cm³/mol. The van der Waals surface area contributed by atoms with Gasteiger partial charge in [-0.3, -0.25) is 4.79 Å². The highest BCUT2D eigenvalue weighted by atomic mass is 19.1. The van der Waals surface area contributed by atoms with Crippen LogP contribution in [-0.2, 0) is 14.3 Å². The van der Waals surface area contributed by atoms with Gasteiger partial charge in [0.25, 0.3) is 5.91 Å². The number of cyclic esters (lactones) is 1. The number of hydrogen-bond acceptors (Lipinski definition) is 5. The van der Waals surface area contributed by atoms with Crippen LogP contribution in [-0.4, -0.2) is 60.0 Å². The third-order valence-electron chi connectivity index (χ3n) is 4.94. The third-order valence-corrected chi connectivity index (χ3v) is 4.94. The second-order valence-corrected chi connectivity index (χ2v) is 8.35. The Morgan fingerprint density at radius 1 is 1.40 bits per heavy atom. The second kappa shape index (κ2) is 8.69. The van der Waals surface area contributed by atoms with Crippen molar-refractivity contribution in [1.82, 2.24) is 10.2 Å². The number of aliphatic hydroxyl groups excluding tert-OH is 1. The minimum Gasteiger partial charge on any atom is -0.447 e. The number of nitrogens with zero attached hydrogens (tertiary/aromatic N) is 1. The van der Waals surface area contributed by atoms with Gasteiger partial charge >= 0.3 is 6.09 Å². The highest BCUT2D eigenvalue weighted by Crippen LogP contribution is 2.33. The average molecular weight is 424 g/mol. The molecular formula is C21H26F2N2O5. The fraction of sp³-hybridized carbons (Fsp3) is 0.524. The summed E-state index contributed by atoms with van der Waals surface area (Å²) in [6.45, 7) is 5.78. The molecule has 164 valence electrons. The minimum atomic E-state index is -1.29. The zero-order valence-electron chi connectivity index (χ0n) is 17.2. The van der Waals surface area contributed by atoms with E-state index in [1.807, 2.05) is 20.8 Å². The van der Waals surface area contributed by atoms with Gasteiger partial charge in [0, 0.05) is 24.7 Å². The lowest BCUT2D eigenvalue weighted by Gasteiger charge is -2.30. The van der Waals surface area contributed by atoms with Crippen LogP contribution in [0.2, 0.25) is 0 Å². The van der Waals surface area contributed by atoms with Crippen LogP contribution in [0.25, 0.3) is 5.57 Å². The normalized spacial score (nSPS) is 20.5. The number of benzene rings is 1. The SMILES string of the molecule is CC(C)(C)OC[C@H](O)C(=O)N1CC=C(c2c(F)cc(F)cc2C2COC(=O)N2)CC1. The lowest BCUT2D eigenvalue weighted by atomic mass is 9.91. The highest BCUT2D eigenvalue weighted by Gasteiger charge is 2.31. The summed E-state index contributed by atoms with van der Waals surface area (Å²) < 4.78 is 38.8. The molecule has 7 nitrogen and oxygen atoms in total. The molecule has 2 aliphatic rings. The summed E-state index contributed by atoms with van der Waals surface area (Å²) in [5.41, 5.74) is 0.624. The number of amides is 2. The van der Waals surface area contributed by atoms with Gasteiger partial charge in [0.2, 0.25) is 0 Å². The first-order valence-corrected chi connectivity index (χ1v) is 9.77. The number of rotatable bonds is 5. The van der Waals surface area contributed by atoms with Crippen LogP contribution in [0.5, 0.6) is 0 Å². The minimum absolute atomic E-state index is 0.0212. The van der Waals surface area contributed by atoms with Crippen molar-refractivity contribution in [1.29, 1.82) is 0 Å². The van der Waals surface area contributed by atoms with E-state index in [0.29, 0.717) is 17.6 Å². The van der Waals surface area contributed by atoms with Crippen LogP contribution in [0.3, 0.4) is 0 Å². The van der Waals surface area contributed by atoms with E-state index < -0.39 is 41.4 Å². The molecule has 0 aromatic heterocycles. The molecule has 0 bridgehead atoms. The molecule has 2 heterocycles. The Labute approximate surface area is 173 Å². The summed E-state index contributed by atoms with van der Waals surface area (Å²) in [7, 11) is 0. The fourth-order valence-corrected chi connectivity index (χ4v) is 3.47. The first-order chi connectivity index (χ1) is 14.0. The van der Waals surface area contributed by atoms with Crippen LogP contribution in [0.1, 0.15) is 44.4 Å². The van der Waals surface area contributed by atoms with Gasteiger partial charge < -0.3 is 24.8 Å². The maximum Gasteiger partial charge on any atom is 0.407 e. The quantitative estimate of drug-likeness (QED) is 0.759. The summed E-state index contributed by atoms with van der Waals surface area (Å²) in [5.74, 6) is -1.95. The highest BCUT2D eigenvalue weighted by molar-refractivity contribution is 5.82. The second-order valence-electron chi connectivity index (χ2n) is 8.35. The van der Waals surface area contributed by atoms with E-state index in [-0.39, 0.29) is 31.9 Å². The molecule has 3 rings (SSSR count). The van der Waals surface area contributed by atoms with Crippen LogP contribution >= 0.6 is 0 Å². The van der Waals surface area contributed by atoms with Gasteiger partial charge in [-0.25, -0.2) is 13.6 Å². The van der Waals surface area contributed by atoms with Gasteiger partial charge in [0.05, 0.1) is 18.2 Å². The third kappa shape index (κ3) is 5.14. The molecule has 1 saturated heterocycles. The van der Waals surface area contributed by atoms with E-state index in [1.54, 1.807) is 6.08 Å². The maximum absolute atomic E-state index is 14.7. The average Bonchev–Trinajstić information content (AvgIpc) is 3.11. The molecule has 0 radical (unpaired) electrons. The largest absolute Gasteiger partial charge is 0.447 e. The van der Waals surface area contributed by atoms with Crippen molar-refractivity contribution < 1.29 is 33.0 Å². The Bertz CT molecular complexity index is 866. The fourth-order valence-electron chi connectivity index (χ4n) is 3.47. The molecular weight excluding hydrogens is 398 g/mol. The number of ether oxygens (including phenoxy) is 2. The lowest BCUT2D eigenvalue weighted by Crippen LogP contribution is -2.44. The number of carbonyl (C=O) groups excluding carboxylic acids is 2. The topological polar surface area (TPSA) is 88.1 Å². The molecule has 1 fully saturated rings. The Balaban J connectivity index is 1.75. The molecule has 1 aromatic rings. The lowest BCUT2D eigenvalue weighted by molar-refractivity contribution is -0.146. The van der Waals surface area contributed by atoms with Gasteiger partial charge in [0.1, 0.15) is 18.2 Å². The smallest absolute Gasteiger partial charge is 0.407 e. The number of halogens is 2. The zero-order valence-corrected chi connectivity index (χ0v) is 17.2. The van der Waals surface area contributed by atoms with E-state index in [4.69, 9.17) is 9.47 Å². The molecule has 2 atom stereocenters. The van der Waals surface area contributed by atoms with Gasteiger partial charge in [-0.05, 0) is 44.4 Å². The van der Waals surface area contributed by atoms with E-state index in [0.717, 1.165) is 6.07 Å². The van der Waals surface area contributed by atoms with Crippen LogP contribution in [0.15, 0.2) is 18.2 Å². The van der Waals surface area contributed by atoms with Crippen molar-refractivity contribution in [2.24, 2.45) is 0 Å². The van der Waals surface area contributed by atoms with E-state index in [9.17, 15) is 23.5 Å². The summed E-state index contributed by atoms with van der Waals surface area (Å²) in [5, 5.41) is 12.6. The standard InChI is InChI=1S/C21H26F2N2O5/c1-21(2,3)30-11-17(26)19(27)25-6-4-12(5-7-25)18-14(8-13(22)9-15(18)23)16-10-29-20(28)24-16/h4,8-9,16-17,26H,5-7,10-11H2,1-3H3,(H,24,28)/t16?,17-/m0/s1. The Morgan fingerprint density at radius 3 is 2.70 bits per heavy atom. The molecule has 2 N–H and O–H groups in total. The molecule has 2 amide bonds. The van der Waals surface area contributed by atoms with Gasteiger partial charge in [-0.1, -0.05) is 6.08 Å². The van der Waals surface area contributed by atoms with Gasteiger partial charge in [0.15, 0.2) is 6.10 Å². The van der Waals surface area contributed by atoms with Crippen molar-refractivity contribution in [3.05, 3.63) is 41.0 Å². The molecule has 2 aliphatic heterocycles. The number of alkyl carbamates (subject to hydrolysis) is 1. The monoisotopic (exact) mass is 424 g/mol. The van der Waals surface area contributed by atoms with E-state index in [2.05, 4.69) is 5.32 Å². The predicted octanol–water partition coefficient (Wildman–Crippen LogP) is 2.54. The molecule has 0 aliphatic carbocycles. The first kappa shape index (κ1) is 22.2. The van der Waals surface area contributed by atoms with Gasteiger partial charge in [-0.2, -0.15) is 0 Å². The van der Waals surface area contributed by atoms with Crippen molar-refractivity contribution in [3.63, 3.8) is 0 Å². The van der Waals surface area contributed by atoms with Gasteiger partial charge in [-0.15, -0.1) is 0 Å². The first-order valence-electron chi connectivity index (χ1n) is 9.77. The molecule has 9 heteroatoms. The van der Waals surface area contributed by atoms with Crippen molar-refractivity contribution in [2.75, 3.05) is 26.3 Å². The Kier molecular flexibility index (Phi) is 6.42. The molecule has 0 spiro atoms. The summed E-state index contributed by atoms with van der Waals surface area (Å²) in [4.78, 5) is 25.3. The van der Waals surface area contributed by atoms with Crippen LogP contribution in [0.4, 0.5) is 13.6 Å². The number of aliphatic hydroxyl groups is 1. The van der Waals surface area contributed by atoms with E-state index in [1.165, 1.54) is 11.0 Å². The zero-order chi connectivity index (χ0) is 22.1. The van der Waals surface area contributed by atoms with Crippen molar-refractivity contribution in [2.45, 2.75) is 44.9 Å². The number of hydrogen-bond donors (Lipinski definition) is 2. The van der Waals surface area contributed by atoms with Crippen LogP contribution in [0, 0.1) is 11.6 Å². The van der Waals surface area contributed by atoms with E-state index >= 15 is 0 Å². The summed E-state index contributed by atoms with van der Waals surface area (Å²) in [6.07, 6.45) is 0.0610. The molecule has 30 heavy (non-hydrogen) atoms. The number of nitrogens with one attached hydrogen (secondary N) is 1. The Morgan fingerprint density at radius 2 is 2.13 bits per heavy atom. The molecule has 0 saturated carbocycles. The maximum atomic E-state index is 14.7. The molecule has 1 unspecified atom stereocenters. The number of carbonyl (C=O) groups is 2. The summed E-state index contributed by atoms with van der Waals surface area (Å²) in [6, 6.07) is 1.32. The Hall–Kier alpha value is -2.52. The van der Waals surface area contributed by atoms with Crippen molar-refractivity contribution in [3.8, 4) is 0 Å². The van der Waals surface area contributed by atoms with Crippen LogP contribution < -0.4 is 5.32 Å². The summed E-state index contributed by atoms with van der Waals surface area (Å²) >= 11 is 0. The molecule has 1 aromatic carbocycles. The van der Waals surface area contributed by atoms with Crippen molar-refractivity contribution >= 4 is 17.6 Å².